The molecule has 2 aliphatic rings. The van der Waals surface area contributed by atoms with Crippen LogP contribution in [0.5, 0.6) is 0 Å². The van der Waals surface area contributed by atoms with Crippen LogP contribution >= 0.6 is 23.5 Å². The van der Waals surface area contributed by atoms with Crippen molar-refractivity contribution in [3.63, 3.8) is 0 Å². The highest BCUT2D eigenvalue weighted by molar-refractivity contribution is 8.16. The predicted octanol–water partition coefficient (Wildman–Crippen LogP) is 0.281. The van der Waals surface area contributed by atoms with E-state index in [2.05, 4.69) is 9.68 Å². The van der Waals surface area contributed by atoms with Gasteiger partial charge in [0.25, 0.3) is 23.6 Å². The molecule has 0 radical (unpaired) electrons. The van der Waals surface area contributed by atoms with Gasteiger partial charge in [0, 0.05) is 50.0 Å². The number of hydrogen-bond acceptors (Lipinski definition) is 12. The number of rotatable bonds is 11. The maximum atomic E-state index is 11.8. The van der Waals surface area contributed by atoms with Gasteiger partial charge in [-0.25, -0.2) is 9.59 Å². The summed E-state index contributed by atoms with van der Waals surface area (Å²) in [5.41, 5.74) is 0. The minimum absolute atomic E-state index is 0.0176. The van der Waals surface area contributed by atoms with Gasteiger partial charge in [-0.15, -0.1) is 10.1 Å². The van der Waals surface area contributed by atoms with Crippen LogP contribution in [0.2, 0.25) is 0 Å². The lowest BCUT2D eigenvalue weighted by Crippen LogP contribution is -2.32. The van der Waals surface area contributed by atoms with Crippen LogP contribution in [0.3, 0.4) is 0 Å². The fourth-order valence-corrected chi connectivity index (χ4v) is 4.09. The van der Waals surface area contributed by atoms with Crippen molar-refractivity contribution in [2.75, 3.05) is 11.5 Å². The lowest BCUT2D eigenvalue weighted by atomic mass is 10.3. The van der Waals surface area contributed by atoms with Crippen LogP contribution in [0.15, 0.2) is 0 Å². The highest BCUT2D eigenvalue weighted by atomic mass is 32.2. The van der Waals surface area contributed by atoms with E-state index in [0.29, 0.717) is 10.1 Å². The lowest BCUT2D eigenvalue weighted by molar-refractivity contribution is -0.197. The average Bonchev–Trinajstić information content (AvgIpc) is 3.24. The topological polar surface area (TPSA) is 161 Å². The molecular formula is C18H20N2O10S2. The summed E-state index contributed by atoms with van der Waals surface area (Å²) in [5, 5.41) is 0.188. The van der Waals surface area contributed by atoms with Gasteiger partial charge in [-0.2, -0.15) is 0 Å². The molecule has 2 rings (SSSR count). The highest BCUT2D eigenvalue weighted by Gasteiger charge is 2.33. The van der Waals surface area contributed by atoms with Crippen LogP contribution in [0, 0.1) is 0 Å². The highest BCUT2D eigenvalue weighted by Crippen LogP contribution is 2.17. The molecule has 0 aliphatic carbocycles. The van der Waals surface area contributed by atoms with Crippen molar-refractivity contribution in [1.82, 2.24) is 10.1 Å². The molecule has 0 N–H and O–H groups in total. The number of imide groups is 2. The first-order valence-electron chi connectivity index (χ1n) is 9.61. The van der Waals surface area contributed by atoms with E-state index in [4.69, 9.17) is 0 Å². The lowest BCUT2D eigenvalue weighted by Gasteiger charge is -2.12. The number of thioether (sulfide) groups is 2. The van der Waals surface area contributed by atoms with Crippen LogP contribution in [-0.2, 0) is 48.0 Å². The summed E-state index contributed by atoms with van der Waals surface area (Å²) in [5.74, 6) is -3.56. The zero-order valence-corrected chi connectivity index (χ0v) is 18.5. The molecular weight excluding hydrogens is 468 g/mol. The molecule has 0 bridgehead atoms. The first-order valence-corrected chi connectivity index (χ1v) is 11.6. The summed E-state index contributed by atoms with van der Waals surface area (Å²) in [6, 6.07) is 0. The van der Waals surface area contributed by atoms with Crippen molar-refractivity contribution in [2.24, 2.45) is 0 Å². The van der Waals surface area contributed by atoms with E-state index in [1.807, 2.05) is 0 Å². The average molecular weight is 488 g/mol. The van der Waals surface area contributed by atoms with Gasteiger partial charge in [0.15, 0.2) is 10.2 Å². The number of carbonyl (C=O) groups excluding carboxylic acids is 8. The first-order chi connectivity index (χ1) is 15.2. The maximum Gasteiger partial charge on any atom is 0.333 e. The summed E-state index contributed by atoms with van der Waals surface area (Å²) < 4.78 is 0. The number of hydrogen-bond donors (Lipinski definition) is 0. The number of nitrogens with zero attached hydrogens (tertiary/aromatic N) is 2. The van der Waals surface area contributed by atoms with Crippen LogP contribution in [0.4, 0.5) is 0 Å². The van der Waals surface area contributed by atoms with Gasteiger partial charge >= 0.3 is 11.9 Å². The molecule has 174 valence electrons. The summed E-state index contributed by atoms with van der Waals surface area (Å²) in [4.78, 5) is 102. The standard InChI is InChI=1S/C18H20N2O10S2/c21-11-1-2-12(22)19(11)29-15(25)5-7-17(27)31-9-10-32-18(28)8-6-16(26)30-20-13(23)3-4-14(20)24/h1-10H2. The normalized spacial score (nSPS) is 16.0. The molecule has 14 heteroatoms. The van der Waals surface area contributed by atoms with E-state index in [9.17, 15) is 38.4 Å². The van der Waals surface area contributed by atoms with Crippen LogP contribution in [-0.4, -0.2) is 67.4 Å². The molecule has 2 saturated heterocycles. The molecule has 4 amide bonds. The Morgan fingerprint density at radius 1 is 0.594 bits per heavy atom. The predicted molar refractivity (Wildman–Crippen MR) is 108 cm³/mol. The van der Waals surface area contributed by atoms with Crippen LogP contribution in [0.1, 0.15) is 51.4 Å². The Labute approximate surface area is 190 Å². The molecule has 0 spiro atoms. The third-order valence-electron chi connectivity index (χ3n) is 4.07. The van der Waals surface area contributed by atoms with Gasteiger partial charge in [-0.3, -0.25) is 28.8 Å². The van der Waals surface area contributed by atoms with Crippen molar-refractivity contribution in [3.05, 3.63) is 0 Å². The third kappa shape index (κ3) is 8.07. The van der Waals surface area contributed by atoms with Crippen molar-refractivity contribution in [1.29, 1.82) is 0 Å². The molecule has 2 heterocycles. The summed E-state index contributed by atoms with van der Waals surface area (Å²) in [6.45, 7) is 0. The molecule has 0 unspecified atom stereocenters. The van der Waals surface area contributed by atoms with E-state index >= 15 is 0 Å². The molecule has 32 heavy (non-hydrogen) atoms. The van der Waals surface area contributed by atoms with Crippen molar-refractivity contribution >= 4 is 69.3 Å². The van der Waals surface area contributed by atoms with E-state index < -0.39 is 35.6 Å². The maximum absolute atomic E-state index is 11.8. The van der Waals surface area contributed by atoms with E-state index in [0.717, 1.165) is 23.5 Å². The number of carbonyl (C=O) groups is 8. The minimum Gasteiger partial charge on any atom is -0.330 e. The van der Waals surface area contributed by atoms with Crippen molar-refractivity contribution in [2.45, 2.75) is 51.4 Å². The van der Waals surface area contributed by atoms with Crippen molar-refractivity contribution in [3.8, 4) is 0 Å². The van der Waals surface area contributed by atoms with Crippen molar-refractivity contribution < 1.29 is 48.0 Å². The molecule has 12 nitrogen and oxygen atoms in total. The van der Waals surface area contributed by atoms with Gasteiger partial charge in [-0.05, 0) is 0 Å². The quantitative estimate of drug-likeness (QED) is 0.289. The largest absolute Gasteiger partial charge is 0.333 e. The van der Waals surface area contributed by atoms with E-state index in [-0.39, 0.29) is 73.1 Å². The molecule has 0 aromatic carbocycles. The monoisotopic (exact) mass is 488 g/mol. The Hall–Kier alpha value is -2.74. The number of amides is 4. The summed E-state index contributed by atoms with van der Waals surface area (Å²) in [6.07, 6.45) is -0.965. The van der Waals surface area contributed by atoms with E-state index in [1.165, 1.54) is 0 Å². The molecule has 0 aromatic heterocycles. The molecule has 0 aromatic rings. The SMILES string of the molecule is O=C(CCC(=O)SCCSC(=O)CCC(=O)ON1C(=O)CCC1=O)ON1C(=O)CCC1=O. The fraction of sp³-hybridized carbons (Fsp3) is 0.556. The second kappa shape index (κ2) is 12.3. The Bertz CT molecular complexity index is 744. The molecule has 0 saturated carbocycles. The first kappa shape index (κ1) is 25.5. The van der Waals surface area contributed by atoms with Gasteiger partial charge in [0.1, 0.15) is 0 Å². The summed E-state index contributed by atoms with van der Waals surface area (Å²) in [7, 11) is 0. The van der Waals surface area contributed by atoms with Gasteiger partial charge in [-0.1, -0.05) is 23.5 Å². The Balaban J connectivity index is 1.52. The Kier molecular flexibility index (Phi) is 9.84. The Morgan fingerprint density at radius 3 is 1.22 bits per heavy atom. The fourth-order valence-electron chi connectivity index (χ4n) is 2.47. The second-order valence-electron chi connectivity index (χ2n) is 6.53. The number of hydroxylamine groups is 4. The zero-order valence-electron chi connectivity index (χ0n) is 16.9. The molecule has 2 aliphatic heterocycles. The van der Waals surface area contributed by atoms with Crippen LogP contribution in [0.25, 0.3) is 0 Å². The van der Waals surface area contributed by atoms with E-state index in [1.54, 1.807) is 0 Å². The van der Waals surface area contributed by atoms with Gasteiger partial charge in [0.2, 0.25) is 0 Å². The smallest absolute Gasteiger partial charge is 0.330 e. The van der Waals surface area contributed by atoms with Gasteiger partial charge < -0.3 is 9.68 Å². The molecule has 0 atom stereocenters. The van der Waals surface area contributed by atoms with Gasteiger partial charge in [0.05, 0.1) is 12.8 Å². The van der Waals surface area contributed by atoms with Crippen LogP contribution < -0.4 is 0 Å². The zero-order chi connectivity index (χ0) is 23.7. The molecule has 2 fully saturated rings. The third-order valence-corrected chi connectivity index (χ3v) is 6.20. The summed E-state index contributed by atoms with van der Waals surface area (Å²) >= 11 is 1.82. The second-order valence-corrected chi connectivity index (χ2v) is 8.84. The Morgan fingerprint density at radius 2 is 0.906 bits per heavy atom. The minimum atomic E-state index is -0.865.